The predicted octanol–water partition coefficient (Wildman–Crippen LogP) is 0.129. The largest absolute Gasteiger partial charge is 0.365 e. The number of likely N-dealkylation sites (tertiary alicyclic amines) is 1. The van der Waals surface area contributed by atoms with Crippen LogP contribution in [0, 0.1) is 0 Å². The molecule has 0 aromatic carbocycles. The molecule has 11 heteroatoms. The molecule has 2 aliphatic heterocycles. The van der Waals surface area contributed by atoms with Crippen LogP contribution in [0.5, 0.6) is 0 Å². The van der Waals surface area contributed by atoms with Gasteiger partial charge in [0, 0.05) is 25.8 Å². The summed E-state index contributed by atoms with van der Waals surface area (Å²) >= 11 is 0. The SMILES string of the molecule is CCNC(=O)N1CCC2(C1)Cn1nnc(CNC(=O)c3ccnn3CC)c1CO2. The van der Waals surface area contributed by atoms with E-state index in [9.17, 15) is 9.59 Å². The average Bonchev–Trinajstić information content (AvgIpc) is 3.45. The van der Waals surface area contributed by atoms with E-state index < -0.39 is 5.60 Å². The molecule has 2 aromatic heterocycles. The number of hydrogen-bond donors (Lipinski definition) is 2. The lowest BCUT2D eigenvalue weighted by Crippen LogP contribution is -2.47. The molecule has 0 saturated carbocycles. The normalized spacial score (nSPS) is 20.7. The summed E-state index contributed by atoms with van der Waals surface area (Å²) in [4.78, 5) is 26.3. The number of nitrogens with one attached hydrogen (secondary N) is 2. The second-order valence-corrected chi connectivity index (χ2v) is 7.33. The fraction of sp³-hybridized carbons (Fsp3) is 0.611. The van der Waals surface area contributed by atoms with Crippen LogP contribution in [0.3, 0.4) is 0 Å². The Bertz CT molecular complexity index is 907. The molecule has 2 N–H and O–H groups in total. The summed E-state index contributed by atoms with van der Waals surface area (Å²) in [6, 6.07) is 1.62. The Balaban J connectivity index is 1.39. The molecule has 11 nitrogen and oxygen atoms in total. The van der Waals surface area contributed by atoms with Crippen LogP contribution >= 0.6 is 0 Å². The van der Waals surface area contributed by atoms with Gasteiger partial charge in [-0.1, -0.05) is 5.21 Å². The summed E-state index contributed by atoms with van der Waals surface area (Å²) in [5.74, 6) is -0.201. The van der Waals surface area contributed by atoms with Crippen LogP contribution < -0.4 is 10.6 Å². The highest BCUT2D eigenvalue weighted by Crippen LogP contribution is 2.32. The number of aryl methyl sites for hydroxylation is 1. The van der Waals surface area contributed by atoms with Crippen LogP contribution in [0.4, 0.5) is 4.79 Å². The maximum absolute atomic E-state index is 12.4. The zero-order valence-corrected chi connectivity index (χ0v) is 16.7. The van der Waals surface area contributed by atoms with E-state index in [2.05, 4.69) is 26.0 Å². The molecule has 29 heavy (non-hydrogen) atoms. The van der Waals surface area contributed by atoms with Gasteiger partial charge < -0.3 is 20.3 Å². The molecule has 3 amide bonds. The topological polar surface area (TPSA) is 119 Å². The number of urea groups is 1. The fourth-order valence-corrected chi connectivity index (χ4v) is 3.89. The number of hydrogen-bond acceptors (Lipinski definition) is 6. The Morgan fingerprint density at radius 3 is 2.93 bits per heavy atom. The Hall–Kier alpha value is -2.95. The van der Waals surface area contributed by atoms with Crippen LogP contribution in [0.1, 0.15) is 42.1 Å². The molecule has 2 aliphatic rings. The molecule has 0 radical (unpaired) electrons. The summed E-state index contributed by atoms with van der Waals surface area (Å²) in [5.41, 5.74) is 1.63. The minimum Gasteiger partial charge on any atom is -0.365 e. The van der Waals surface area contributed by atoms with E-state index in [1.165, 1.54) is 0 Å². The molecule has 1 fully saturated rings. The van der Waals surface area contributed by atoms with Crippen molar-refractivity contribution in [2.75, 3.05) is 19.6 Å². The quantitative estimate of drug-likeness (QED) is 0.734. The van der Waals surface area contributed by atoms with E-state index in [0.717, 1.165) is 12.1 Å². The van der Waals surface area contributed by atoms with E-state index in [4.69, 9.17) is 4.74 Å². The first-order valence-electron chi connectivity index (χ1n) is 9.93. The summed E-state index contributed by atoms with van der Waals surface area (Å²) in [6.07, 6.45) is 2.37. The first-order chi connectivity index (χ1) is 14.0. The molecule has 156 valence electrons. The Kier molecular flexibility index (Phi) is 5.22. The van der Waals surface area contributed by atoms with Crippen LogP contribution in [-0.2, 0) is 31.0 Å². The molecule has 4 heterocycles. The highest BCUT2D eigenvalue weighted by Gasteiger charge is 2.44. The van der Waals surface area contributed by atoms with Gasteiger partial charge in [0.1, 0.15) is 17.0 Å². The number of carbonyl (C=O) groups is 2. The van der Waals surface area contributed by atoms with Crippen molar-refractivity contribution < 1.29 is 14.3 Å². The van der Waals surface area contributed by atoms with Gasteiger partial charge in [0.15, 0.2) is 0 Å². The van der Waals surface area contributed by atoms with Crippen molar-refractivity contribution >= 4 is 11.9 Å². The van der Waals surface area contributed by atoms with Crippen molar-refractivity contribution in [2.45, 2.75) is 52.1 Å². The van der Waals surface area contributed by atoms with Crippen LogP contribution in [0.15, 0.2) is 12.3 Å². The highest BCUT2D eigenvalue weighted by atomic mass is 16.5. The third-order valence-electron chi connectivity index (χ3n) is 5.47. The number of carbonyl (C=O) groups excluding carboxylic acids is 2. The number of nitrogens with zero attached hydrogens (tertiary/aromatic N) is 6. The minimum absolute atomic E-state index is 0.0629. The predicted molar refractivity (Wildman–Crippen MR) is 102 cm³/mol. The number of aromatic nitrogens is 5. The summed E-state index contributed by atoms with van der Waals surface area (Å²) in [7, 11) is 0. The van der Waals surface area contributed by atoms with Crippen molar-refractivity contribution in [2.24, 2.45) is 0 Å². The first-order valence-corrected chi connectivity index (χ1v) is 9.93. The lowest BCUT2D eigenvalue weighted by atomic mass is 10.0. The van der Waals surface area contributed by atoms with Crippen molar-refractivity contribution in [3.05, 3.63) is 29.3 Å². The summed E-state index contributed by atoms with van der Waals surface area (Å²) in [6.45, 7) is 7.42. The van der Waals surface area contributed by atoms with E-state index in [-0.39, 0.29) is 18.5 Å². The van der Waals surface area contributed by atoms with Crippen LogP contribution in [0.2, 0.25) is 0 Å². The first kappa shape index (κ1) is 19.4. The molecular formula is C18H26N8O3. The average molecular weight is 402 g/mol. The lowest BCUT2D eigenvalue weighted by Gasteiger charge is -2.33. The monoisotopic (exact) mass is 402 g/mol. The highest BCUT2D eigenvalue weighted by molar-refractivity contribution is 5.92. The third-order valence-corrected chi connectivity index (χ3v) is 5.47. The second-order valence-electron chi connectivity index (χ2n) is 7.33. The Labute approximate surface area is 168 Å². The van der Waals surface area contributed by atoms with Crippen LogP contribution in [0.25, 0.3) is 0 Å². The molecule has 1 unspecified atom stereocenters. The van der Waals surface area contributed by atoms with Gasteiger partial charge in [0.2, 0.25) is 0 Å². The van der Waals surface area contributed by atoms with Crippen molar-refractivity contribution in [3.63, 3.8) is 0 Å². The number of ether oxygens (including phenoxy) is 1. The van der Waals surface area contributed by atoms with E-state index in [1.807, 2.05) is 18.5 Å². The van der Waals surface area contributed by atoms with E-state index >= 15 is 0 Å². The van der Waals surface area contributed by atoms with E-state index in [0.29, 0.717) is 50.7 Å². The van der Waals surface area contributed by atoms with Crippen molar-refractivity contribution in [1.29, 1.82) is 0 Å². The molecule has 1 saturated heterocycles. The zero-order valence-electron chi connectivity index (χ0n) is 16.7. The Morgan fingerprint density at radius 1 is 1.28 bits per heavy atom. The number of fused-ring (bicyclic) bond motifs is 1. The zero-order chi connectivity index (χ0) is 20.4. The maximum Gasteiger partial charge on any atom is 0.317 e. The van der Waals surface area contributed by atoms with E-state index in [1.54, 1.807) is 21.8 Å². The Morgan fingerprint density at radius 2 is 2.14 bits per heavy atom. The molecule has 4 rings (SSSR count). The second kappa shape index (κ2) is 7.82. The van der Waals surface area contributed by atoms with Crippen molar-refractivity contribution in [1.82, 2.24) is 40.3 Å². The number of rotatable bonds is 5. The molecule has 0 bridgehead atoms. The molecule has 2 aromatic rings. The molecule has 1 spiro atoms. The van der Waals surface area contributed by atoms with Crippen molar-refractivity contribution in [3.8, 4) is 0 Å². The maximum atomic E-state index is 12.4. The van der Waals surface area contributed by atoms with Gasteiger partial charge in [-0.25, -0.2) is 9.48 Å². The minimum atomic E-state index is -0.431. The van der Waals surface area contributed by atoms with Gasteiger partial charge in [-0.3, -0.25) is 9.48 Å². The molecule has 1 atom stereocenters. The van der Waals surface area contributed by atoms with Gasteiger partial charge in [0.05, 0.1) is 31.9 Å². The van der Waals surface area contributed by atoms with Gasteiger partial charge >= 0.3 is 6.03 Å². The smallest absolute Gasteiger partial charge is 0.317 e. The summed E-state index contributed by atoms with van der Waals surface area (Å²) < 4.78 is 9.65. The van der Waals surface area contributed by atoms with Gasteiger partial charge in [0.25, 0.3) is 5.91 Å². The van der Waals surface area contributed by atoms with Gasteiger partial charge in [-0.2, -0.15) is 5.10 Å². The molecule has 0 aliphatic carbocycles. The van der Waals surface area contributed by atoms with Crippen LogP contribution in [-0.4, -0.2) is 66.8 Å². The van der Waals surface area contributed by atoms with Gasteiger partial charge in [-0.15, -0.1) is 5.10 Å². The van der Waals surface area contributed by atoms with Gasteiger partial charge in [-0.05, 0) is 26.3 Å². The molecular weight excluding hydrogens is 376 g/mol. The third kappa shape index (κ3) is 3.69. The fourth-order valence-electron chi connectivity index (χ4n) is 3.89. The summed E-state index contributed by atoms with van der Waals surface area (Å²) in [5, 5.41) is 18.3. The standard InChI is InChI=1S/C18H26N8O3/c1-3-19-17(28)24-8-6-18(11-24)12-26-15(10-29-18)13(22-23-26)9-20-16(27)14-5-7-21-25(14)4-2/h5,7H,3-4,6,8-12H2,1-2H3,(H,19,28)(H,20,27). The number of amides is 3. The lowest BCUT2D eigenvalue weighted by molar-refractivity contribution is -0.0824.